The molecule has 0 aliphatic carbocycles. The summed E-state index contributed by atoms with van der Waals surface area (Å²) in [5.74, 6) is 0.438. The number of hydrogen-bond donors (Lipinski definition) is 2. The first-order chi connectivity index (χ1) is 13.6. The Balaban J connectivity index is 1.48. The van der Waals surface area contributed by atoms with E-state index in [9.17, 15) is 8.42 Å². The summed E-state index contributed by atoms with van der Waals surface area (Å²) in [6.45, 7) is 0. The largest absolute Gasteiger partial charge is 0.324 e. The summed E-state index contributed by atoms with van der Waals surface area (Å²) in [5, 5.41) is 4.84. The van der Waals surface area contributed by atoms with Crippen LogP contribution in [0.25, 0.3) is 11.3 Å². The molecular weight excluding hydrogens is 394 g/mol. The number of nitrogens with one attached hydrogen (secondary N) is 2. The quantitative estimate of drug-likeness (QED) is 0.497. The van der Waals surface area contributed by atoms with E-state index < -0.39 is 10.0 Å². The highest BCUT2D eigenvalue weighted by atomic mass is 32.2. The molecule has 28 heavy (non-hydrogen) atoms. The van der Waals surface area contributed by atoms with Crippen molar-refractivity contribution in [1.29, 1.82) is 0 Å². The number of benzene rings is 1. The summed E-state index contributed by atoms with van der Waals surface area (Å²) in [5.41, 5.74) is 2.86. The number of anilines is 3. The van der Waals surface area contributed by atoms with E-state index in [4.69, 9.17) is 0 Å². The molecular formula is C19H15N5O2S2. The van der Waals surface area contributed by atoms with Crippen molar-refractivity contribution in [3.63, 3.8) is 0 Å². The Morgan fingerprint density at radius 3 is 2.43 bits per heavy atom. The molecule has 4 rings (SSSR count). The van der Waals surface area contributed by atoms with Crippen LogP contribution in [-0.4, -0.2) is 23.4 Å². The zero-order chi connectivity index (χ0) is 19.4. The molecule has 7 nitrogen and oxygen atoms in total. The molecule has 140 valence electrons. The van der Waals surface area contributed by atoms with Gasteiger partial charge in [0.05, 0.1) is 5.69 Å². The second-order valence-corrected chi connectivity index (χ2v) is 8.60. The molecule has 4 aromatic rings. The fourth-order valence-electron chi connectivity index (χ4n) is 2.47. The molecule has 0 atom stereocenters. The molecule has 3 aromatic heterocycles. The molecule has 1 aromatic carbocycles. The van der Waals surface area contributed by atoms with Crippen LogP contribution in [0, 0.1) is 0 Å². The van der Waals surface area contributed by atoms with Gasteiger partial charge < -0.3 is 5.32 Å². The van der Waals surface area contributed by atoms with Gasteiger partial charge in [-0.3, -0.25) is 9.71 Å². The van der Waals surface area contributed by atoms with Gasteiger partial charge in [-0.2, -0.15) is 0 Å². The number of sulfonamides is 1. The first-order valence-electron chi connectivity index (χ1n) is 8.27. The Hall–Kier alpha value is -3.30. The van der Waals surface area contributed by atoms with Crippen molar-refractivity contribution in [1.82, 2.24) is 15.0 Å². The van der Waals surface area contributed by atoms with Gasteiger partial charge in [0.15, 0.2) is 0 Å². The third-order valence-electron chi connectivity index (χ3n) is 3.77. The van der Waals surface area contributed by atoms with Crippen LogP contribution in [0.1, 0.15) is 0 Å². The number of rotatable bonds is 6. The van der Waals surface area contributed by atoms with E-state index in [0.29, 0.717) is 11.6 Å². The van der Waals surface area contributed by atoms with Gasteiger partial charge in [0.1, 0.15) is 4.21 Å². The molecule has 0 unspecified atom stereocenters. The van der Waals surface area contributed by atoms with Crippen molar-refractivity contribution < 1.29 is 8.42 Å². The fourth-order valence-corrected chi connectivity index (χ4v) is 4.52. The van der Waals surface area contributed by atoms with Crippen molar-refractivity contribution >= 4 is 38.7 Å². The van der Waals surface area contributed by atoms with Crippen LogP contribution < -0.4 is 10.0 Å². The highest BCUT2D eigenvalue weighted by Crippen LogP contribution is 2.23. The second kappa shape index (κ2) is 7.75. The van der Waals surface area contributed by atoms with Crippen LogP contribution in [0.4, 0.5) is 17.3 Å². The van der Waals surface area contributed by atoms with Gasteiger partial charge in [-0.15, -0.1) is 11.3 Å². The second-order valence-electron chi connectivity index (χ2n) is 5.75. The predicted octanol–water partition coefficient (Wildman–Crippen LogP) is 4.14. The maximum atomic E-state index is 12.3. The Labute approximate surface area is 166 Å². The molecule has 0 radical (unpaired) electrons. The number of pyridine rings is 1. The van der Waals surface area contributed by atoms with Gasteiger partial charge in [-0.05, 0) is 53.9 Å². The zero-order valence-electron chi connectivity index (χ0n) is 14.5. The van der Waals surface area contributed by atoms with Crippen molar-refractivity contribution in [2.75, 3.05) is 10.0 Å². The van der Waals surface area contributed by atoms with Gasteiger partial charge in [0.2, 0.25) is 5.95 Å². The van der Waals surface area contributed by atoms with E-state index in [1.807, 2.05) is 18.2 Å². The SMILES string of the molecule is O=S(=O)(Nc1ccc(Nc2nccc(-c3cccnc3)n2)cc1)c1cccs1. The van der Waals surface area contributed by atoms with E-state index in [2.05, 4.69) is 25.0 Å². The molecule has 0 spiro atoms. The minimum atomic E-state index is -3.56. The van der Waals surface area contributed by atoms with Gasteiger partial charge in [-0.1, -0.05) is 6.07 Å². The summed E-state index contributed by atoms with van der Waals surface area (Å²) < 4.78 is 27.4. The van der Waals surface area contributed by atoms with Gasteiger partial charge in [-0.25, -0.2) is 18.4 Å². The molecule has 0 aliphatic rings. The normalized spacial score (nSPS) is 11.1. The Bertz CT molecular complexity index is 1160. The Kier molecular flexibility index (Phi) is 5.00. The van der Waals surface area contributed by atoms with Gasteiger partial charge in [0, 0.05) is 35.5 Å². The van der Waals surface area contributed by atoms with Crippen molar-refractivity contribution in [2.24, 2.45) is 0 Å². The molecule has 0 saturated carbocycles. The van der Waals surface area contributed by atoms with Crippen LogP contribution in [0.3, 0.4) is 0 Å². The lowest BCUT2D eigenvalue weighted by molar-refractivity contribution is 0.603. The maximum absolute atomic E-state index is 12.3. The van der Waals surface area contributed by atoms with Gasteiger partial charge >= 0.3 is 0 Å². The standard InChI is InChI=1S/C19H15N5O2S2/c25-28(26,18-4-2-12-27-18)24-16-7-5-15(6-8-16)22-19-21-11-9-17(23-19)14-3-1-10-20-13-14/h1-13,24H,(H,21,22,23). The van der Waals surface area contributed by atoms with E-state index in [-0.39, 0.29) is 4.21 Å². The summed E-state index contributed by atoms with van der Waals surface area (Å²) in [6, 6.07) is 15.7. The average molecular weight is 409 g/mol. The number of hydrogen-bond acceptors (Lipinski definition) is 7. The highest BCUT2D eigenvalue weighted by molar-refractivity contribution is 7.94. The zero-order valence-corrected chi connectivity index (χ0v) is 16.1. The third-order valence-corrected chi connectivity index (χ3v) is 6.54. The lowest BCUT2D eigenvalue weighted by Crippen LogP contribution is -2.11. The number of thiophene rings is 1. The van der Waals surface area contributed by atoms with E-state index in [0.717, 1.165) is 16.9 Å². The van der Waals surface area contributed by atoms with Crippen LogP contribution in [0.2, 0.25) is 0 Å². The van der Waals surface area contributed by atoms with Crippen molar-refractivity contribution in [3.8, 4) is 11.3 Å². The topological polar surface area (TPSA) is 96.9 Å². The van der Waals surface area contributed by atoms with E-state index in [1.165, 1.54) is 11.3 Å². The Morgan fingerprint density at radius 2 is 1.71 bits per heavy atom. The van der Waals surface area contributed by atoms with Crippen molar-refractivity contribution in [3.05, 3.63) is 78.6 Å². The number of aromatic nitrogens is 3. The monoisotopic (exact) mass is 409 g/mol. The van der Waals surface area contributed by atoms with Crippen molar-refractivity contribution in [2.45, 2.75) is 4.21 Å². The Morgan fingerprint density at radius 1 is 0.893 bits per heavy atom. The molecule has 0 amide bonds. The molecule has 2 N–H and O–H groups in total. The van der Waals surface area contributed by atoms with Crippen LogP contribution in [-0.2, 0) is 10.0 Å². The van der Waals surface area contributed by atoms with Crippen LogP contribution in [0.15, 0.2) is 82.8 Å². The van der Waals surface area contributed by atoms with E-state index in [1.54, 1.807) is 60.4 Å². The molecule has 0 bridgehead atoms. The molecule has 0 fully saturated rings. The fraction of sp³-hybridized carbons (Fsp3) is 0. The summed E-state index contributed by atoms with van der Waals surface area (Å²) in [6.07, 6.45) is 5.11. The average Bonchev–Trinajstić information content (AvgIpc) is 3.26. The minimum Gasteiger partial charge on any atom is -0.324 e. The van der Waals surface area contributed by atoms with Crippen LogP contribution in [0.5, 0.6) is 0 Å². The summed E-state index contributed by atoms with van der Waals surface area (Å²) >= 11 is 1.17. The van der Waals surface area contributed by atoms with Crippen LogP contribution >= 0.6 is 11.3 Å². The first kappa shape index (κ1) is 18.1. The predicted molar refractivity (Wildman–Crippen MR) is 110 cm³/mol. The summed E-state index contributed by atoms with van der Waals surface area (Å²) in [7, 11) is -3.56. The van der Waals surface area contributed by atoms with Gasteiger partial charge in [0.25, 0.3) is 10.0 Å². The summed E-state index contributed by atoms with van der Waals surface area (Å²) in [4.78, 5) is 12.8. The van der Waals surface area contributed by atoms with E-state index >= 15 is 0 Å². The molecule has 0 aliphatic heterocycles. The smallest absolute Gasteiger partial charge is 0.271 e. The molecule has 0 saturated heterocycles. The molecule has 3 heterocycles. The lowest BCUT2D eigenvalue weighted by atomic mass is 10.2. The highest BCUT2D eigenvalue weighted by Gasteiger charge is 2.14. The minimum absolute atomic E-state index is 0.273. The maximum Gasteiger partial charge on any atom is 0.271 e. The lowest BCUT2D eigenvalue weighted by Gasteiger charge is -2.09. The first-order valence-corrected chi connectivity index (χ1v) is 10.6. The third kappa shape index (κ3) is 4.16. The number of nitrogens with zero attached hydrogens (tertiary/aromatic N) is 3. The molecule has 9 heteroatoms.